The Hall–Kier alpha value is -3.10. The monoisotopic (exact) mass is 303 g/mol. The first-order valence-corrected chi connectivity index (χ1v) is 6.48. The first kappa shape index (κ1) is 13.9. The lowest BCUT2D eigenvalue weighted by Crippen LogP contribution is -2.08. The van der Waals surface area contributed by atoms with Gasteiger partial charge in [-0.15, -0.1) is 0 Å². The smallest absolute Gasteiger partial charge is 0.353 e. The lowest BCUT2D eigenvalue weighted by atomic mass is 10.2. The standard InChI is InChI=1S/C13H13N5O4/c1-14-12-11(18(19)20)13(17-6-16-12)15-5-8-2-3-9-10(4-8)22-7-21-9/h2-4,6H,5,7H2,1H3,(H2,14,15,16,17). The number of benzene rings is 1. The van der Waals surface area contributed by atoms with E-state index in [1.165, 1.54) is 6.33 Å². The van der Waals surface area contributed by atoms with Crippen LogP contribution in [-0.2, 0) is 6.54 Å². The molecule has 9 heteroatoms. The van der Waals surface area contributed by atoms with Crippen molar-refractivity contribution in [2.45, 2.75) is 6.54 Å². The zero-order valence-electron chi connectivity index (χ0n) is 11.7. The number of nitro groups is 1. The summed E-state index contributed by atoms with van der Waals surface area (Å²) in [7, 11) is 1.57. The van der Waals surface area contributed by atoms with Gasteiger partial charge in [-0.3, -0.25) is 10.1 Å². The predicted octanol–water partition coefficient (Wildman–Crippen LogP) is 1.77. The zero-order valence-corrected chi connectivity index (χ0v) is 11.7. The number of fused-ring (bicyclic) bond motifs is 1. The lowest BCUT2D eigenvalue weighted by molar-refractivity contribution is -0.383. The highest BCUT2D eigenvalue weighted by molar-refractivity contribution is 5.69. The molecule has 22 heavy (non-hydrogen) atoms. The van der Waals surface area contributed by atoms with Gasteiger partial charge in [-0.05, 0) is 17.7 Å². The zero-order chi connectivity index (χ0) is 15.5. The summed E-state index contributed by atoms with van der Waals surface area (Å²) in [5, 5.41) is 16.8. The average Bonchev–Trinajstić information content (AvgIpc) is 2.99. The fraction of sp³-hybridized carbons (Fsp3) is 0.231. The molecular formula is C13H13N5O4. The number of nitrogens with zero attached hydrogens (tertiary/aromatic N) is 3. The highest BCUT2D eigenvalue weighted by atomic mass is 16.7. The van der Waals surface area contributed by atoms with E-state index in [1.54, 1.807) is 13.1 Å². The third-order valence-corrected chi connectivity index (χ3v) is 3.14. The summed E-state index contributed by atoms with van der Waals surface area (Å²) in [4.78, 5) is 18.4. The van der Waals surface area contributed by atoms with Gasteiger partial charge in [-0.25, -0.2) is 9.97 Å². The van der Waals surface area contributed by atoms with E-state index in [2.05, 4.69) is 20.6 Å². The maximum Gasteiger partial charge on any atom is 0.353 e. The van der Waals surface area contributed by atoms with Crippen molar-refractivity contribution in [3.05, 3.63) is 40.2 Å². The molecule has 0 aliphatic carbocycles. The summed E-state index contributed by atoms with van der Waals surface area (Å²) in [6.45, 7) is 0.562. The van der Waals surface area contributed by atoms with Crippen LogP contribution in [0.5, 0.6) is 11.5 Å². The van der Waals surface area contributed by atoms with Crippen LogP contribution in [0.3, 0.4) is 0 Å². The number of ether oxygens (including phenoxy) is 2. The van der Waals surface area contributed by atoms with Crippen molar-refractivity contribution in [2.75, 3.05) is 24.5 Å². The van der Waals surface area contributed by atoms with Crippen molar-refractivity contribution in [1.82, 2.24) is 9.97 Å². The molecule has 1 aliphatic heterocycles. The maximum atomic E-state index is 11.2. The highest BCUT2D eigenvalue weighted by Gasteiger charge is 2.22. The average molecular weight is 303 g/mol. The van der Waals surface area contributed by atoms with Crippen LogP contribution >= 0.6 is 0 Å². The van der Waals surface area contributed by atoms with Crippen molar-refractivity contribution in [1.29, 1.82) is 0 Å². The van der Waals surface area contributed by atoms with Gasteiger partial charge in [0.05, 0.1) is 4.92 Å². The SMILES string of the molecule is CNc1ncnc(NCc2ccc3c(c2)OCO3)c1[N+](=O)[O-]. The Morgan fingerprint density at radius 2 is 2.05 bits per heavy atom. The summed E-state index contributed by atoms with van der Waals surface area (Å²) in [5.41, 5.74) is 0.703. The van der Waals surface area contributed by atoms with Gasteiger partial charge in [0, 0.05) is 13.6 Å². The molecule has 114 valence electrons. The first-order chi connectivity index (χ1) is 10.7. The molecule has 2 heterocycles. The van der Waals surface area contributed by atoms with Crippen LogP contribution < -0.4 is 20.1 Å². The molecule has 0 radical (unpaired) electrons. The molecule has 2 N–H and O–H groups in total. The van der Waals surface area contributed by atoms with Crippen LogP contribution in [0.15, 0.2) is 24.5 Å². The Bertz CT molecular complexity index is 722. The molecule has 0 saturated carbocycles. The van der Waals surface area contributed by atoms with Crippen LogP contribution in [0.25, 0.3) is 0 Å². The summed E-state index contributed by atoms with van der Waals surface area (Å²) < 4.78 is 10.5. The quantitative estimate of drug-likeness (QED) is 0.635. The molecule has 0 spiro atoms. The fourth-order valence-corrected chi connectivity index (χ4v) is 2.10. The van der Waals surface area contributed by atoms with E-state index in [4.69, 9.17) is 9.47 Å². The van der Waals surface area contributed by atoms with Crippen molar-refractivity contribution >= 4 is 17.3 Å². The molecule has 1 aromatic heterocycles. The van der Waals surface area contributed by atoms with Crippen LogP contribution in [0.1, 0.15) is 5.56 Å². The van der Waals surface area contributed by atoms with E-state index in [9.17, 15) is 10.1 Å². The summed E-state index contributed by atoms with van der Waals surface area (Å²) in [6.07, 6.45) is 1.26. The minimum absolute atomic E-state index is 0.155. The number of nitrogens with one attached hydrogen (secondary N) is 2. The van der Waals surface area contributed by atoms with E-state index in [-0.39, 0.29) is 24.1 Å². The Morgan fingerprint density at radius 3 is 2.82 bits per heavy atom. The molecule has 9 nitrogen and oxygen atoms in total. The van der Waals surface area contributed by atoms with Crippen LogP contribution in [-0.4, -0.2) is 28.7 Å². The second kappa shape index (κ2) is 5.72. The number of aromatic nitrogens is 2. The second-order valence-corrected chi connectivity index (χ2v) is 4.47. The molecule has 0 amide bonds. The van der Waals surface area contributed by atoms with Crippen molar-refractivity contribution in [2.24, 2.45) is 0 Å². The Balaban J connectivity index is 1.80. The van der Waals surface area contributed by atoms with E-state index in [0.29, 0.717) is 18.0 Å². The predicted molar refractivity (Wildman–Crippen MR) is 78.1 cm³/mol. The topological polar surface area (TPSA) is 111 Å². The number of anilines is 2. The number of hydrogen-bond donors (Lipinski definition) is 2. The molecule has 0 atom stereocenters. The highest BCUT2D eigenvalue weighted by Crippen LogP contribution is 2.33. The third-order valence-electron chi connectivity index (χ3n) is 3.14. The van der Waals surface area contributed by atoms with Gasteiger partial charge in [0.15, 0.2) is 11.5 Å². The van der Waals surface area contributed by atoms with Gasteiger partial charge >= 0.3 is 5.69 Å². The molecule has 0 saturated heterocycles. The number of hydrogen-bond acceptors (Lipinski definition) is 8. The lowest BCUT2D eigenvalue weighted by Gasteiger charge is -2.08. The second-order valence-electron chi connectivity index (χ2n) is 4.47. The third kappa shape index (κ3) is 2.55. The van der Waals surface area contributed by atoms with Gasteiger partial charge in [-0.2, -0.15) is 0 Å². The normalized spacial score (nSPS) is 12.0. The largest absolute Gasteiger partial charge is 0.454 e. The van der Waals surface area contributed by atoms with E-state index < -0.39 is 4.92 Å². The molecule has 2 aromatic rings. The van der Waals surface area contributed by atoms with Crippen molar-refractivity contribution < 1.29 is 14.4 Å². The molecule has 0 unspecified atom stereocenters. The molecule has 3 rings (SSSR count). The van der Waals surface area contributed by atoms with Gasteiger partial charge in [0.1, 0.15) is 6.33 Å². The summed E-state index contributed by atoms with van der Waals surface area (Å²) >= 11 is 0. The molecule has 1 aromatic carbocycles. The van der Waals surface area contributed by atoms with E-state index >= 15 is 0 Å². The minimum atomic E-state index is -0.520. The fourth-order valence-electron chi connectivity index (χ4n) is 2.10. The molecule has 0 bridgehead atoms. The number of rotatable bonds is 5. The van der Waals surface area contributed by atoms with Gasteiger partial charge in [-0.1, -0.05) is 6.07 Å². The van der Waals surface area contributed by atoms with E-state index in [1.807, 2.05) is 12.1 Å². The summed E-state index contributed by atoms with van der Waals surface area (Å²) in [5.74, 6) is 1.66. The minimum Gasteiger partial charge on any atom is -0.454 e. The first-order valence-electron chi connectivity index (χ1n) is 6.48. The molecule has 0 fully saturated rings. The molecule has 1 aliphatic rings. The van der Waals surface area contributed by atoms with Gasteiger partial charge in [0.2, 0.25) is 18.4 Å². The Morgan fingerprint density at radius 1 is 1.27 bits per heavy atom. The van der Waals surface area contributed by atoms with Crippen molar-refractivity contribution in [3.63, 3.8) is 0 Å². The van der Waals surface area contributed by atoms with Crippen LogP contribution in [0, 0.1) is 10.1 Å². The van der Waals surface area contributed by atoms with Crippen LogP contribution in [0.2, 0.25) is 0 Å². The van der Waals surface area contributed by atoms with Gasteiger partial charge < -0.3 is 20.1 Å². The van der Waals surface area contributed by atoms with E-state index in [0.717, 1.165) is 5.56 Å². The Kier molecular flexibility index (Phi) is 3.60. The summed E-state index contributed by atoms with van der Waals surface area (Å²) in [6, 6.07) is 5.47. The van der Waals surface area contributed by atoms with Crippen molar-refractivity contribution in [3.8, 4) is 11.5 Å². The van der Waals surface area contributed by atoms with Gasteiger partial charge in [0.25, 0.3) is 0 Å². The maximum absolute atomic E-state index is 11.2. The van der Waals surface area contributed by atoms with Crippen LogP contribution in [0.4, 0.5) is 17.3 Å². The molecular weight excluding hydrogens is 290 g/mol. The Labute approximate surface area is 125 Å².